The number of sulfonamides is 1. The Labute approximate surface area is 87.1 Å². The molecule has 0 spiro atoms. The maximum Gasteiger partial charge on any atom is 0.223 e. The smallest absolute Gasteiger partial charge is 0.223 e. The van der Waals surface area contributed by atoms with Crippen molar-refractivity contribution in [2.75, 3.05) is 16.9 Å². The van der Waals surface area contributed by atoms with Gasteiger partial charge in [0.15, 0.2) is 0 Å². The van der Waals surface area contributed by atoms with Crippen molar-refractivity contribution < 1.29 is 13.5 Å². The minimum atomic E-state index is -3.16. The van der Waals surface area contributed by atoms with E-state index in [0.29, 0.717) is 0 Å². The highest BCUT2D eigenvalue weighted by Gasteiger charge is 2.22. The lowest BCUT2D eigenvalue weighted by atomic mass is 10.4. The van der Waals surface area contributed by atoms with Crippen LogP contribution in [0, 0.1) is 0 Å². The van der Waals surface area contributed by atoms with E-state index in [4.69, 9.17) is 5.11 Å². The van der Waals surface area contributed by atoms with Crippen molar-refractivity contribution in [2.24, 2.45) is 0 Å². The SMILES string of the molecule is CC(C)N(CCO)S(=O)(=O)CI. The first kappa shape index (κ1) is 12.6. The van der Waals surface area contributed by atoms with E-state index >= 15 is 0 Å². The van der Waals surface area contributed by atoms with Crippen LogP contribution in [0.1, 0.15) is 13.8 Å². The summed E-state index contributed by atoms with van der Waals surface area (Å²) in [5.74, 6) is 0. The number of aliphatic hydroxyl groups excluding tert-OH is 1. The summed E-state index contributed by atoms with van der Waals surface area (Å²) < 4.78 is 24.0. The van der Waals surface area contributed by atoms with E-state index in [2.05, 4.69) is 0 Å². The van der Waals surface area contributed by atoms with Crippen LogP contribution in [0.3, 0.4) is 0 Å². The van der Waals surface area contributed by atoms with E-state index in [9.17, 15) is 8.42 Å². The Bertz CT molecular complexity index is 215. The van der Waals surface area contributed by atoms with Crippen LogP contribution >= 0.6 is 22.6 Å². The van der Waals surface area contributed by atoms with Crippen molar-refractivity contribution in [2.45, 2.75) is 19.9 Å². The first-order chi connectivity index (χ1) is 5.45. The molecule has 0 aromatic rings. The van der Waals surface area contributed by atoms with E-state index in [1.54, 1.807) is 13.8 Å². The molecule has 0 aliphatic carbocycles. The average Bonchev–Trinajstić information content (AvgIpc) is 1.99. The highest BCUT2D eigenvalue weighted by atomic mass is 127. The molecule has 0 bridgehead atoms. The van der Waals surface area contributed by atoms with E-state index in [1.165, 1.54) is 4.31 Å². The lowest BCUT2D eigenvalue weighted by Gasteiger charge is -2.23. The molecule has 0 rings (SSSR count). The molecule has 0 aliphatic rings. The Morgan fingerprint density at radius 2 is 2.00 bits per heavy atom. The first-order valence-electron chi connectivity index (χ1n) is 3.62. The van der Waals surface area contributed by atoms with Crippen molar-refractivity contribution in [1.82, 2.24) is 4.31 Å². The quantitative estimate of drug-likeness (QED) is 0.591. The molecular formula is C6H14INO3S. The van der Waals surface area contributed by atoms with Gasteiger partial charge in [-0.3, -0.25) is 0 Å². The number of hydrogen-bond acceptors (Lipinski definition) is 3. The van der Waals surface area contributed by atoms with Gasteiger partial charge in [0.25, 0.3) is 0 Å². The molecule has 12 heavy (non-hydrogen) atoms. The molecule has 0 saturated carbocycles. The average molecular weight is 307 g/mol. The van der Waals surface area contributed by atoms with Crippen LogP contribution < -0.4 is 0 Å². The Morgan fingerprint density at radius 3 is 2.25 bits per heavy atom. The Hall–Kier alpha value is 0.600. The van der Waals surface area contributed by atoms with Crippen molar-refractivity contribution in [3.8, 4) is 0 Å². The monoisotopic (exact) mass is 307 g/mol. The van der Waals surface area contributed by atoms with Gasteiger partial charge in [-0.05, 0) is 13.8 Å². The van der Waals surface area contributed by atoms with Gasteiger partial charge in [-0.15, -0.1) is 0 Å². The van der Waals surface area contributed by atoms with Crippen LogP contribution in [0.2, 0.25) is 0 Å². The van der Waals surface area contributed by atoms with Gasteiger partial charge in [0.1, 0.15) is 3.76 Å². The van der Waals surface area contributed by atoms with Crippen LogP contribution in [-0.4, -0.2) is 40.8 Å². The summed E-state index contributed by atoms with van der Waals surface area (Å²) in [6.07, 6.45) is 0. The van der Waals surface area contributed by atoms with E-state index in [1.807, 2.05) is 22.6 Å². The van der Waals surface area contributed by atoms with Crippen molar-refractivity contribution in [3.05, 3.63) is 0 Å². The zero-order valence-corrected chi connectivity index (χ0v) is 10.2. The Kier molecular flexibility index (Phi) is 5.62. The molecule has 0 saturated heterocycles. The predicted molar refractivity (Wildman–Crippen MR) is 56.7 cm³/mol. The van der Waals surface area contributed by atoms with Crippen LogP contribution in [0.25, 0.3) is 0 Å². The van der Waals surface area contributed by atoms with Crippen molar-refractivity contribution >= 4 is 32.6 Å². The number of nitrogens with zero attached hydrogens (tertiary/aromatic N) is 1. The molecule has 0 aliphatic heterocycles. The second-order valence-corrected chi connectivity index (χ2v) is 6.37. The van der Waals surface area contributed by atoms with E-state index in [0.717, 1.165) is 0 Å². The van der Waals surface area contributed by atoms with Gasteiger partial charge < -0.3 is 5.11 Å². The third-order valence-electron chi connectivity index (χ3n) is 1.39. The fourth-order valence-corrected chi connectivity index (χ4v) is 3.08. The summed E-state index contributed by atoms with van der Waals surface area (Å²) in [6, 6.07) is -0.0862. The van der Waals surface area contributed by atoms with Gasteiger partial charge >= 0.3 is 0 Å². The van der Waals surface area contributed by atoms with Crippen LogP contribution in [0.4, 0.5) is 0 Å². The molecule has 0 heterocycles. The molecule has 0 unspecified atom stereocenters. The topological polar surface area (TPSA) is 57.6 Å². The van der Waals surface area contributed by atoms with Crippen LogP contribution in [-0.2, 0) is 10.0 Å². The maximum atomic E-state index is 11.3. The third kappa shape index (κ3) is 3.55. The summed E-state index contributed by atoms with van der Waals surface area (Å²) >= 11 is 1.81. The van der Waals surface area contributed by atoms with E-state index in [-0.39, 0.29) is 23.0 Å². The minimum absolute atomic E-state index is 0.0585. The third-order valence-corrected chi connectivity index (χ3v) is 5.35. The molecule has 6 heteroatoms. The van der Waals surface area contributed by atoms with E-state index < -0.39 is 10.0 Å². The lowest BCUT2D eigenvalue weighted by molar-refractivity contribution is 0.237. The summed E-state index contributed by atoms with van der Waals surface area (Å²) in [5.41, 5.74) is 0. The summed E-state index contributed by atoms with van der Waals surface area (Å²) in [7, 11) is -3.16. The Morgan fingerprint density at radius 1 is 1.50 bits per heavy atom. The van der Waals surface area contributed by atoms with Crippen LogP contribution in [0.15, 0.2) is 0 Å². The van der Waals surface area contributed by atoms with Crippen LogP contribution in [0.5, 0.6) is 0 Å². The molecule has 0 radical (unpaired) electrons. The highest BCUT2D eigenvalue weighted by molar-refractivity contribution is 14.1. The molecule has 0 atom stereocenters. The van der Waals surface area contributed by atoms with Gasteiger partial charge in [0.05, 0.1) is 6.61 Å². The van der Waals surface area contributed by atoms with Crippen molar-refractivity contribution in [3.63, 3.8) is 0 Å². The molecule has 74 valence electrons. The number of hydrogen-bond donors (Lipinski definition) is 1. The molecule has 4 nitrogen and oxygen atoms in total. The molecule has 0 aromatic carbocycles. The molecule has 0 fully saturated rings. The molecule has 1 N–H and O–H groups in total. The number of aliphatic hydroxyl groups is 1. The fourth-order valence-electron chi connectivity index (χ4n) is 0.880. The minimum Gasteiger partial charge on any atom is -0.395 e. The van der Waals surface area contributed by atoms with Gasteiger partial charge in [-0.25, -0.2) is 8.42 Å². The number of halogens is 1. The molecule has 0 amide bonds. The molecular weight excluding hydrogens is 293 g/mol. The predicted octanol–water partition coefficient (Wildman–Crippen LogP) is 0.411. The normalized spacial score (nSPS) is 12.8. The number of rotatable bonds is 5. The second-order valence-electron chi connectivity index (χ2n) is 2.65. The first-order valence-corrected chi connectivity index (χ1v) is 6.75. The van der Waals surface area contributed by atoms with Gasteiger partial charge in [0.2, 0.25) is 10.0 Å². The standard InChI is InChI=1S/C6H14INO3S/c1-6(2)8(3-4-9)12(10,11)5-7/h6,9H,3-5H2,1-2H3. The van der Waals surface area contributed by atoms with Gasteiger partial charge in [-0.2, -0.15) is 4.31 Å². The number of alkyl halides is 1. The highest BCUT2D eigenvalue weighted by Crippen LogP contribution is 2.09. The lowest BCUT2D eigenvalue weighted by Crippen LogP contribution is -2.39. The second kappa shape index (κ2) is 5.36. The summed E-state index contributed by atoms with van der Waals surface area (Å²) in [5, 5.41) is 8.64. The van der Waals surface area contributed by atoms with Crippen molar-refractivity contribution in [1.29, 1.82) is 0 Å². The largest absolute Gasteiger partial charge is 0.395 e. The zero-order valence-electron chi connectivity index (χ0n) is 7.20. The fraction of sp³-hybridized carbons (Fsp3) is 1.00. The van der Waals surface area contributed by atoms with Gasteiger partial charge in [-0.1, -0.05) is 22.6 Å². The Balaban J connectivity index is 4.51. The summed E-state index contributed by atoms with van der Waals surface area (Å²) in [6.45, 7) is 3.63. The zero-order chi connectivity index (χ0) is 9.78. The molecule has 0 aromatic heterocycles. The maximum absolute atomic E-state index is 11.3. The summed E-state index contributed by atoms with van der Waals surface area (Å²) in [4.78, 5) is 0. The van der Waals surface area contributed by atoms with Gasteiger partial charge in [0, 0.05) is 12.6 Å².